The number of hydrogen-bond acceptors (Lipinski definition) is 6. The fourth-order valence-electron chi connectivity index (χ4n) is 3.08. The molecule has 3 aromatic rings. The standard InChI is InChI=1S/C21H20N4O3/c1-13-10-14(2)12-17(11-13)20(26)19(21(27)28-22)15(3)16-4-6-18(7-5-16)25-9-8-23-24-25/h4-12H,22H2,1-3H3. The Morgan fingerprint density at radius 3 is 2.18 bits per heavy atom. The van der Waals surface area contributed by atoms with Crippen LogP contribution in [0.2, 0.25) is 0 Å². The van der Waals surface area contributed by atoms with Crippen molar-refractivity contribution in [3.63, 3.8) is 0 Å². The van der Waals surface area contributed by atoms with Crippen molar-refractivity contribution in [3.05, 3.63) is 82.7 Å². The lowest BCUT2D eigenvalue weighted by Crippen LogP contribution is -2.20. The topological polar surface area (TPSA) is 100 Å². The third-order valence-electron chi connectivity index (χ3n) is 4.38. The van der Waals surface area contributed by atoms with Crippen LogP contribution in [0.4, 0.5) is 0 Å². The van der Waals surface area contributed by atoms with Crippen LogP contribution in [-0.2, 0) is 9.63 Å². The molecule has 0 amide bonds. The van der Waals surface area contributed by atoms with Crippen molar-refractivity contribution in [3.8, 4) is 5.69 Å². The molecule has 7 heteroatoms. The third kappa shape index (κ3) is 3.89. The highest BCUT2D eigenvalue weighted by atomic mass is 16.7. The van der Waals surface area contributed by atoms with Crippen LogP contribution in [0, 0.1) is 13.8 Å². The van der Waals surface area contributed by atoms with Crippen LogP contribution in [0.1, 0.15) is 34.0 Å². The molecule has 0 spiro atoms. The normalized spacial score (nSPS) is 11.7. The largest absolute Gasteiger partial charge is 0.370 e. The summed E-state index contributed by atoms with van der Waals surface area (Å²) in [4.78, 5) is 29.8. The average Bonchev–Trinajstić information content (AvgIpc) is 3.22. The summed E-state index contributed by atoms with van der Waals surface area (Å²) in [5, 5.41) is 7.71. The maximum atomic E-state index is 13.1. The Morgan fingerprint density at radius 2 is 1.64 bits per heavy atom. The van der Waals surface area contributed by atoms with E-state index in [4.69, 9.17) is 5.90 Å². The van der Waals surface area contributed by atoms with Gasteiger partial charge in [0.05, 0.1) is 18.1 Å². The zero-order chi connectivity index (χ0) is 20.3. The number of aryl methyl sites for hydroxylation is 2. The maximum Gasteiger partial charge on any atom is 0.360 e. The molecule has 7 nitrogen and oxygen atoms in total. The van der Waals surface area contributed by atoms with E-state index in [-0.39, 0.29) is 5.57 Å². The van der Waals surface area contributed by atoms with E-state index in [1.54, 1.807) is 48.3 Å². The minimum Gasteiger partial charge on any atom is -0.370 e. The number of benzene rings is 2. The Kier molecular flexibility index (Phi) is 5.47. The van der Waals surface area contributed by atoms with Gasteiger partial charge in [0.25, 0.3) is 0 Å². The van der Waals surface area contributed by atoms with Gasteiger partial charge in [-0.1, -0.05) is 34.5 Å². The first-order chi connectivity index (χ1) is 13.4. The van der Waals surface area contributed by atoms with Gasteiger partial charge in [-0.25, -0.2) is 9.48 Å². The van der Waals surface area contributed by atoms with Gasteiger partial charge in [0.2, 0.25) is 5.78 Å². The van der Waals surface area contributed by atoms with E-state index < -0.39 is 11.8 Å². The molecule has 142 valence electrons. The fourth-order valence-corrected chi connectivity index (χ4v) is 3.08. The number of allylic oxidation sites excluding steroid dienone is 1. The van der Waals surface area contributed by atoms with E-state index in [9.17, 15) is 9.59 Å². The van der Waals surface area contributed by atoms with Gasteiger partial charge in [0.15, 0.2) is 0 Å². The number of Topliss-reactive ketones (excluding diaryl/α,β-unsaturated/α-hetero) is 1. The Morgan fingerprint density at radius 1 is 1.00 bits per heavy atom. The summed E-state index contributed by atoms with van der Waals surface area (Å²) >= 11 is 0. The lowest BCUT2D eigenvalue weighted by molar-refractivity contribution is -0.139. The zero-order valence-electron chi connectivity index (χ0n) is 15.8. The minimum atomic E-state index is -0.873. The summed E-state index contributed by atoms with van der Waals surface area (Å²) in [6.07, 6.45) is 3.30. The number of nitrogens with zero attached hydrogens (tertiary/aromatic N) is 3. The molecule has 0 aliphatic rings. The number of nitrogens with two attached hydrogens (primary N) is 1. The second-order valence-corrected chi connectivity index (χ2v) is 6.51. The predicted octanol–water partition coefficient (Wildman–Crippen LogP) is 2.96. The molecule has 0 saturated carbocycles. The summed E-state index contributed by atoms with van der Waals surface area (Å²) in [6.45, 7) is 5.48. The van der Waals surface area contributed by atoms with Gasteiger partial charge in [0.1, 0.15) is 5.57 Å². The highest BCUT2D eigenvalue weighted by Crippen LogP contribution is 2.24. The van der Waals surface area contributed by atoms with Crippen LogP contribution < -0.4 is 5.90 Å². The Hall–Kier alpha value is -3.58. The monoisotopic (exact) mass is 376 g/mol. The average molecular weight is 376 g/mol. The van der Waals surface area contributed by atoms with Gasteiger partial charge in [-0.2, -0.15) is 5.90 Å². The molecule has 0 bridgehead atoms. The maximum absolute atomic E-state index is 13.1. The molecule has 0 aliphatic carbocycles. The lowest BCUT2D eigenvalue weighted by Gasteiger charge is -2.11. The van der Waals surface area contributed by atoms with Gasteiger partial charge >= 0.3 is 5.97 Å². The molecule has 0 unspecified atom stereocenters. The van der Waals surface area contributed by atoms with E-state index in [2.05, 4.69) is 15.1 Å². The quantitative estimate of drug-likeness (QED) is 0.242. The molecule has 2 aromatic carbocycles. The number of aromatic nitrogens is 3. The molecule has 3 rings (SSSR count). The van der Waals surface area contributed by atoms with Gasteiger partial charge in [-0.3, -0.25) is 4.79 Å². The molecule has 0 atom stereocenters. The van der Waals surface area contributed by atoms with Crippen molar-refractivity contribution in [1.29, 1.82) is 0 Å². The second kappa shape index (κ2) is 7.98. The van der Waals surface area contributed by atoms with E-state index in [1.165, 1.54) is 0 Å². The summed E-state index contributed by atoms with van der Waals surface area (Å²) in [5.74, 6) is 3.79. The van der Waals surface area contributed by atoms with Gasteiger partial charge < -0.3 is 4.84 Å². The van der Waals surface area contributed by atoms with E-state index in [0.717, 1.165) is 16.8 Å². The van der Waals surface area contributed by atoms with Crippen LogP contribution in [0.5, 0.6) is 0 Å². The smallest absolute Gasteiger partial charge is 0.360 e. The molecule has 1 heterocycles. The van der Waals surface area contributed by atoms with Crippen molar-refractivity contribution < 1.29 is 14.4 Å². The molecular weight excluding hydrogens is 356 g/mol. The zero-order valence-corrected chi connectivity index (χ0v) is 15.8. The van der Waals surface area contributed by atoms with Crippen LogP contribution >= 0.6 is 0 Å². The second-order valence-electron chi connectivity index (χ2n) is 6.51. The van der Waals surface area contributed by atoms with Gasteiger partial charge in [-0.05, 0) is 56.2 Å². The van der Waals surface area contributed by atoms with Crippen LogP contribution in [0.15, 0.2) is 60.4 Å². The van der Waals surface area contributed by atoms with Crippen LogP contribution in [-0.4, -0.2) is 26.7 Å². The molecule has 1 aromatic heterocycles. The number of carbonyl (C=O) groups is 2. The molecular formula is C21H20N4O3. The van der Waals surface area contributed by atoms with Crippen molar-refractivity contribution in [2.45, 2.75) is 20.8 Å². The van der Waals surface area contributed by atoms with E-state index in [1.807, 2.05) is 32.0 Å². The SMILES string of the molecule is CC(=C(C(=O)ON)C(=O)c1cc(C)cc(C)c1)c1ccc(-n2ccnn2)cc1. The Balaban J connectivity index is 2.05. The van der Waals surface area contributed by atoms with E-state index in [0.29, 0.717) is 16.7 Å². The van der Waals surface area contributed by atoms with Crippen LogP contribution in [0.3, 0.4) is 0 Å². The highest BCUT2D eigenvalue weighted by Gasteiger charge is 2.25. The van der Waals surface area contributed by atoms with Crippen molar-refractivity contribution in [2.75, 3.05) is 0 Å². The van der Waals surface area contributed by atoms with Crippen LogP contribution in [0.25, 0.3) is 11.3 Å². The number of rotatable bonds is 5. The van der Waals surface area contributed by atoms with Crippen molar-refractivity contribution in [2.24, 2.45) is 5.90 Å². The number of hydrogen-bond donors (Lipinski definition) is 1. The fraction of sp³-hybridized carbons (Fsp3) is 0.143. The first-order valence-electron chi connectivity index (χ1n) is 8.62. The summed E-state index contributed by atoms with van der Waals surface area (Å²) < 4.78 is 1.61. The highest BCUT2D eigenvalue weighted by molar-refractivity contribution is 6.28. The van der Waals surface area contributed by atoms with Crippen molar-refractivity contribution >= 4 is 17.3 Å². The first kappa shape index (κ1) is 19.2. The molecule has 0 fully saturated rings. The third-order valence-corrected chi connectivity index (χ3v) is 4.38. The molecule has 28 heavy (non-hydrogen) atoms. The number of ketones is 1. The molecule has 0 saturated heterocycles. The first-order valence-corrected chi connectivity index (χ1v) is 8.62. The molecule has 0 aliphatic heterocycles. The molecule has 0 radical (unpaired) electrons. The van der Waals surface area contributed by atoms with Crippen molar-refractivity contribution in [1.82, 2.24) is 15.0 Å². The minimum absolute atomic E-state index is 0.0963. The van der Waals surface area contributed by atoms with Gasteiger partial charge in [-0.15, -0.1) is 5.10 Å². The van der Waals surface area contributed by atoms with E-state index >= 15 is 0 Å². The Labute approximate surface area is 162 Å². The summed E-state index contributed by atoms with van der Waals surface area (Å²) in [6, 6.07) is 12.7. The Bertz CT molecular complexity index is 1030. The van der Waals surface area contributed by atoms with Gasteiger partial charge in [0, 0.05) is 5.56 Å². The molecule has 2 N–H and O–H groups in total. The summed E-state index contributed by atoms with van der Waals surface area (Å²) in [5.41, 5.74) is 4.15. The summed E-state index contributed by atoms with van der Waals surface area (Å²) in [7, 11) is 0. The lowest BCUT2D eigenvalue weighted by atomic mass is 9.93. The number of carbonyl (C=O) groups excluding carboxylic acids is 2. The predicted molar refractivity (Wildman–Crippen MR) is 104 cm³/mol.